The number of carbonyl (C=O) groups is 1. The molecule has 0 spiro atoms. The minimum absolute atomic E-state index is 0.0415. The van der Waals surface area contributed by atoms with Gasteiger partial charge in [-0.25, -0.2) is 8.42 Å². The molecule has 22 heavy (non-hydrogen) atoms. The molecular weight excluding hydrogens is 345 g/mol. The maximum absolute atomic E-state index is 12.2. The molecule has 0 unspecified atom stereocenters. The van der Waals surface area contributed by atoms with Crippen molar-refractivity contribution in [2.45, 2.75) is 11.4 Å². The largest absolute Gasteiger partial charge is 0.348 e. The van der Waals surface area contributed by atoms with E-state index < -0.39 is 15.7 Å². The standard InChI is InChI=1S/C15H13Cl2NO3S/c1-22(20,21)11-6-7-14(17)12(8-11)15(19)18-9-10-4-2-3-5-13(10)16/h2-8H,9H2,1H3,(H,18,19). The average Bonchev–Trinajstić information content (AvgIpc) is 2.45. The van der Waals surface area contributed by atoms with Crippen LogP contribution in [-0.4, -0.2) is 20.6 Å². The number of nitrogens with one attached hydrogen (secondary N) is 1. The van der Waals surface area contributed by atoms with Crippen molar-refractivity contribution in [2.24, 2.45) is 0 Å². The summed E-state index contributed by atoms with van der Waals surface area (Å²) in [7, 11) is -3.41. The van der Waals surface area contributed by atoms with Crippen molar-refractivity contribution in [1.29, 1.82) is 0 Å². The van der Waals surface area contributed by atoms with Gasteiger partial charge in [0.25, 0.3) is 5.91 Å². The maximum Gasteiger partial charge on any atom is 0.253 e. The smallest absolute Gasteiger partial charge is 0.253 e. The Bertz CT molecular complexity index is 819. The molecule has 116 valence electrons. The topological polar surface area (TPSA) is 63.2 Å². The van der Waals surface area contributed by atoms with E-state index in [0.717, 1.165) is 11.8 Å². The Morgan fingerprint density at radius 1 is 1.09 bits per heavy atom. The van der Waals surface area contributed by atoms with Crippen LogP contribution in [-0.2, 0) is 16.4 Å². The molecule has 0 atom stereocenters. The Balaban J connectivity index is 2.21. The van der Waals surface area contributed by atoms with Crippen LogP contribution in [0.15, 0.2) is 47.4 Å². The summed E-state index contributed by atoms with van der Waals surface area (Å²) < 4.78 is 23.1. The van der Waals surface area contributed by atoms with Gasteiger partial charge in [-0.1, -0.05) is 41.4 Å². The van der Waals surface area contributed by atoms with E-state index >= 15 is 0 Å². The van der Waals surface area contributed by atoms with Crippen LogP contribution in [0.5, 0.6) is 0 Å². The lowest BCUT2D eigenvalue weighted by Gasteiger charge is -2.09. The number of halogens is 2. The molecular formula is C15H13Cl2NO3S. The first-order valence-electron chi connectivity index (χ1n) is 6.30. The van der Waals surface area contributed by atoms with Gasteiger partial charge in [0.05, 0.1) is 15.5 Å². The predicted octanol–water partition coefficient (Wildman–Crippen LogP) is 3.33. The molecule has 0 aliphatic heterocycles. The number of hydrogen-bond acceptors (Lipinski definition) is 3. The van der Waals surface area contributed by atoms with Gasteiger partial charge in [-0.2, -0.15) is 0 Å². The summed E-state index contributed by atoms with van der Waals surface area (Å²) >= 11 is 12.0. The predicted molar refractivity (Wildman–Crippen MR) is 87.2 cm³/mol. The van der Waals surface area contributed by atoms with Gasteiger partial charge in [-0.3, -0.25) is 4.79 Å². The van der Waals surface area contributed by atoms with Gasteiger partial charge in [0.1, 0.15) is 0 Å². The fourth-order valence-electron chi connectivity index (χ4n) is 1.82. The van der Waals surface area contributed by atoms with Crippen molar-refractivity contribution in [2.75, 3.05) is 6.26 Å². The van der Waals surface area contributed by atoms with Crippen LogP contribution < -0.4 is 5.32 Å². The zero-order valence-corrected chi connectivity index (χ0v) is 14.0. The van der Waals surface area contributed by atoms with Crippen molar-refractivity contribution in [1.82, 2.24) is 5.32 Å². The highest BCUT2D eigenvalue weighted by molar-refractivity contribution is 7.90. The van der Waals surface area contributed by atoms with Gasteiger partial charge >= 0.3 is 0 Å². The molecule has 1 N–H and O–H groups in total. The molecule has 2 aromatic rings. The molecule has 7 heteroatoms. The fourth-order valence-corrected chi connectivity index (χ4v) is 2.87. The second kappa shape index (κ2) is 6.69. The van der Waals surface area contributed by atoms with Crippen LogP contribution in [0.3, 0.4) is 0 Å². The monoisotopic (exact) mass is 357 g/mol. The van der Waals surface area contributed by atoms with Crippen LogP contribution in [0.4, 0.5) is 0 Å². The van der Waals surface area contributed by atoms with E-state index in [2.05, 4.69) is 5.32 Å². The normalized spacial score (nSPS) is 11.2. The molecule has 0 aromatic heterocycles. The van der Waals surface area contributed by atoms with E-state index in [1.165, 1.54) is 18.2 Å². The van der Waals surface area contributed by atoms with E-state index in [-0.39, 0.29) is 22.0 Å². The van der Waals surface area contributed by atoms with Crippen molar-refractivity contribution in [3.63, 3.8) is 0 Å². The van der Waals surface area contributed by atoms with E-state index in [1.54, 1.807) is 18.2 Å². The van der Waals surface area contributed by atoms with Crippen molar-refractivity contribution >= 4 is 38.9 Å². The molecule has 0 heterocycles. The average molecular weight is 358 g/mol. The summed E-state index contributed by atoms with van der Waals surface area (Å²) in [5, 5.41) is 3.40. The third-order valence-electron chi connectivity index (χ3n) is 3.01. The maximum atomic E-state index is 12.2. The van der Waals surface area contributed by atoms with Gasteiger partial charge in [0.2, 0.25) is 0 Å². The Morgan fingerprint density at radius 3 is 2.41 bits per heavy atom. The van der Waals surface area contributed by atoms with Gasteiger partial charge < -0.3 is 5.32 Å². The minimum Gasteiger partial charge on any atom is -0.348 e. The second-order valence-corrected chi connectivity index (χ2v) is 7.52. The Hall–Kier alpha value is -1.56. The molecule has 4 nitrogen and oxygen atoms in total. The third-order valence-corrected chi connectivity index (χ3v) is 4.82. The SMILES string of the molecule is CS(=O)(=O)c1ccc(Cl)c(C(=O)NCc2ccccc2Cl)c1. The summed E-state index contributed by atoms with van der Waals surface area (Å²) in [5.74, 6) is -0.463. The molecule has 0 saturated carbocycles. The number of carbonyl (C=O) groups excluding carboxylic acids is 1. The lowest BCUT2D eigenvalue weighted by molar-refractivity contribution is 0.0951. The number of benzene rings is 2. The van der Waals surface area contributed by atoms with Gasteiger partial charge in [0, 0.05) is 17.8 Å². The van der Waals surface area contributed by atoms with Crippen LogP contribution in [0.1, 0.15) is 15.9 Å². The first kappa shape index (κ1) is 16.8. The zero-order chi connectivity index (χ0) is 16.3. The van der Waals surface area contributed by atoms with E-state index in [4.69, 9.17) is 23.2 Å². The summed E-state index contributed by atoms with van der Waals surface area (Å²) in [6.45, 7) is 0.220. The zero-order valence-electron chi connectivity index (χ0n) is 11.6. The number of amides is 1. The molecule has 0 aliphatic carbocycles. The summed E-state index contributed by atoms with van der Waals surface area (Å²) in [4.78, 5) is 12.2. The minimum atomic E-state index is -3.41. The van der Waals surface area contributed by atoms with E-state index in [9.17, 15) is 13.2 Å². The Kier molecular flexibility index (Phi) is 5.11. The lowest BCUT2D eigenvalue weighted by atomic mass is 10.2. The quantitative estimate of drug-likeness (QED) is 0.912. The van der Waals surface area contributed by atoms with Crippen LogP contribution >= 0.6 is 23.2 Å². The molecule has 0 fully saturated rings. The summed E-state index contributed by atoms with van der Waals surface area (Å²) in [5.41, 5.74) is 0.865. The van der Waals surface area contributed by atoms with Gasteiger partial charge in [0.15, 0.2) is 9.84 Å². The molecule has 0 aliphatic rings. The molecule has 0 bridgehead atoms. The molecule has 1 amide bonds. The van der Waals surface area contributed by atoms with E-state index in [1.807, 2.05) is 6.07 Å². The summed E-state index contributed by atoms with van der Waals surface area (Å²) in [6.07, 6.45) is 1.07. The number of sulfone groups is 1. The summed E-state index contributed by atoms with van der Waals surface area (Å²) in [6, 6.07) is 11.1. The highest BCUT2D eigenvalue weighted by Crippen LogP contribution is 2.21. The fraction of sp³-hybridized carbons (Fsp3) is 0.133. The molecule has 0 saturated heterocycles. The first-order valence-corrected chi connectivity index (χ1v) is 8.95. The first-order chi connectivity index (χ1) is 10.3. The van der Waals surface area contributed by atoms with E-state index in [0.29, 0.717) is 5.02 Å². The van der Waals surface area contributed by atoms with Crippen molar-refractivity contribution in [3.05, 3.63) is 63.6 Å². The van der Waals surface area contributed by atoms with Gasteiger partial charge in [-0.15, -0.1) is 0 Å². The number of hydrogen-bond donors (Lipinski definition) is 1. The highest BCUT2D eigenvalue weighted by Gasteiger charge is 2.15. The molecule has 2 aromatic carbocycles. The van der Waals surface area contributed by atoms with Crippen LogP contribution in [0.2, 0.25) is 10.0 Å². The van der Waals surface area contributed by atoms with Crippen LogP contribution in [0.25, 0.3) is 0 Å². The van der Waals surface area contributed by atoms with Crippen LogP contribution in [0, 0.1) is 0 Å². The molecule has 0 radical (unpaired) electrons. The number of rotatable bonds is 4. The van der Waals surface area contributed by atoms with Crippen molar-refractivity contribution < 1.29 is 13.2 Å². The van der Waals surface area contributed by atoms with Crippen molar-refractivity contribution in [3.8, 4) is 0 Å². The third kappa shape index (κ3) is 4.00. The van der Waals surface area contributed by atoms with Gasteiger partial charge in [-0.05, 0) is 29.8 Å². The highest BCUT2D eigenvalue weighted by atomic mass is 35.5. The Morgan fingerprint density at radius 2 is 1.77 bits per heavy atom. The lowest BCUT2D eigenvalue weighted by Crippen LogP contribution is -2.23. The Labute approximate surface area is 139 Å². The second-order valence-electron chi connectivity index (χ2n) is 4.69. The molecule has 2 rings (SSSR count).